The average Bonchev–Trinajstić information content (AvgIpc) is 2.18. The molecule has 0 aliphatic rings. The van der Waals surface area contributed by atoms with Crippen LogP contribution in [0.2, 0.25) is 0 Å². The molecule has 1 amide bonds. The maximum Gasteiger partial charge on any atom is 0.409 e. The smallest absolute Gasteiger partial charge is 0.409 e. The van der Waals surface area contributed by atoms with E-state index in [4.69, 9.17) is 10.4 Å². The molecule has 0 unspecified atom stereocenters. The molecule has 1 heterocycles. The minimum absolute atomic E-state index is 0.389. The number of rotatable bonds is 2. The summed E-state index contributed by atoms with van der Waals surface area (Å²) in [7, 11) is 0. The van der Waals surface area contributed by atoms with E-state index in [1.54, 1.807) is 26.0 Å². The third-order valence-corrected chi connectivity index (χ3v) is 1.93. The normalized spacial score (nSPS) is 10.5. The lowest BCUT2D eigenvalue weighted by Gasteiger charge is -2.14. The zero-order chi connectivity index (χ0) is 11.5. The first kappa shape index (κ1) is 11.0. The van der Waals surface area contributed by atoms with Crippen molar-refractivity contribution in [1.82, 2.24) is 4.98 Å². The molecule has 0 saturated carbocycles. The van der Waals surface area contributed by atoms with Crippen LogP contribution < -0.4 is 5.32 Å². The molecule has 0 saturated heterocycles. The number of nitriles is 1. The summed E-state index contributed by atoms with van der Waals surface area (Å²) in [5.74, 6) is 0. The first-order valence-corrected chi connectivity index (χ1v) is 4.33. The minimum atomic E-state index is -1.14. The number of hydrogen-bond donors (Lipinski definition) is 2. The Bertz CT molecular complexity index is 404. The van der Waals surface area contributed by atoms with Gasteiger partial charge in [-0.05, 0) is 26.0 Å². The van der Waals surface area contributed by atoms with Gasteiger partial charge in [0.15, 0.2) is 0 Å². The molecule has 0 aromatic carbocycles. The Morgan fingerprint density at radius 1 is 1.60 bits per heavy atom. The zero-order valence-electron chi connectivity index (χ0n) is 8.48. The molecular formula is C10H11N3O2. The summed E-state index contributed by atoms with van der Waals surface area (Å²) in [5, 5.41) is 19.5. The van der Waals surface area contributed by atoms with Crippen molar-refractivity contribution in [2.24, 2.45) is 0 Å². The van der Waals surface area contributed by atoms with Crippen LogP contribution in [0.25, 0.3) is 0 Å². The molecular weight excluding hydrogens is 194 g/mol. The van der Waals surface area contributed by atoms with E-state index in [1.165, 1.54) is 6.20 Å². The lowest BCUT2D eigenvalue weighted by Crippen LogP contribution is -2.16. The van der Waals surface area contributed by atoms with Crippen molar-refractivity contribution in [3.63, 3.8) is 0 Å². The molecule has 0 bridgehead atoms. The van der Waals surface area contributed by atoms with Crippen LogP contribution in [0, 0.1) is 11.3 Å². The maximum absolute atomic E-state index is 10.3. The molecule has 15 heavy (non-hydrogen) atoms. The number of carbonyl (C=O) groups is 1. The van der Waals surface area contributed by atoms with Crippen LogP contribution in [0.1, 0.15) is 19.5 Å². The van der Waals surface area contributed by atoms with Gasteiger partial charge in [-0.1, -0.05) is 0 Å². The van der Waals surface area contributed by atoms with Crippen LogP contribution in [0.5, 0.6) is 0 Å². The van der Waals surface area contributed by atoms with Gasteiger partial charge in [-0.25, -0.2) is 4.79 Å². The molecule has 5 heteroatoms. The summed E-state index contributed by atoms with van der Waals surface area (Å²) >= 11 is 0. The van der Waals surface area contributed by atoms with Crippen molar-refractivity contribution in [3.05, 3.63) is 24.0 Å². The quantitative estimate of drug-likeness (QED) is 0.772. The van der Waals surface area contributed by atoms with E-state index in [0.717, 1.165) is 0 Å². The second-order valence-electron chi connectivity index (χ2n) is 3.60. The van der Waals surface area contributed by atoms with E-state index >= 15 is 0 Å². The number of hydrogen-bond acceptors (Lipinski definition) is 3. The Hall–Kier alpha value is -2.09. The number of anilines is 1. The lowest BCUT2D eigenvalue weighted by atomic mass is 9.91. The largest absolute Gasteiger partial charge is 0.465 e. The molecule has 2 N–H and O–H groups in total. The molecule has 0 radical (unpaired) electrons. The predicted molar refractivity (Wildman–Crippen MR) is 54.5 cm³/mol. The second-order valence-corrected chi connectivity index (χ2v) is 3.60. The van der Waals surface area contributed by atoms with Crippen LogP contribution in [-0.4, -0.2) is 16.2 Å². The van der Waals surface area contributed by atoms with Crippen LogP contribution in [0.4, 0.5) is 10.5 Å². The van der Waals surface area contributed by atoms with Crippen LogP contribution >= 0.6 is 0 Å². The Balaban J connectivity index is 2.91. The van der Waals surface area contributed by atoms with E-state index < -0.39 is 11.5 Å². The van der Waals surface area contributed by atoms with Crippen LogP contribution in [0.3, 0.4) is 0 Å². The molecule has 0 aliphatic heterocycles. The first-order valence-electron chi connectivity index (χ1n) is 4.33. The molecule has 1 rings (SSSR count). The monoisotopic (exact) mass is 205 g/mol. The molecule has 5 nitrogen and oxygen atoms in total. The van der Waals surface area contributed by atoms with Gasteiger partial charge < -0.3 is 5.11 Å². The van der Waals surface area contributed by atoms with Gasteiger partial charge in [0, 0.05) is 0 Å². The number of pyridine rings is 1. The van der Waals surface area contributed by atoms with E-state index in [0.29, 0.717) is 11.4 Å². The third kappa shape index (κ3) is 2.68. The van der Waals surface area contributed by atoms with Gasteiger partial charge in [0.1, 0.15) is 0 Å². The van der Waals surface area contributed by atoms with Gasteiger partial charge >= 0.3 is 6.09 Å². The molecule has 0 spiro atoms. The van der Waals surface area contributed by atoms with E-state index in [2.05, 4.69) is 16.4 Å². The fourth-order valence-electron chi connectivity index (χ4n) is 1.02. The standard InChI is InChI=1S/C10H11N3O2/c1-10(2,6-11)8-4-3-7(5-12-8)13-9(14)15/h3-5,13H,1-2H3,(H,14,15). The number of nitrogens with one attached hydrogen (secondary N) is 1. The van der Waals surface area contributed by atoms with Crippen molar-refractivity contribution >= 4 is 11.8 Å². The highest BCUT2D eigenvalue weighted by atomic mass is 16.4. The zero-order valence-corrected chi connectivity index (χ0v) is 8.48. The average molecular weight is 205 g/mol. The third-order valence-electron chi connectivity index (χ3n) is 1.93. The van der Waals surface area contributed by atoms with Gasteiger partial charge in [0.2, 0.25) is 0 Å². The lowest BCUT2D eigenvalue weighted by molar-refractivity contribution is 0.209. The molecule has 1 aromatic heterocycles. The summed E-state index contributed by atoms with van der Waals surface area (Å²) in [5.41, 5.74) is 0.336. The highest BCUT2D eigenvalue weighted by molar-refractivity contribution is 5.82. The van der Waals surface area contributed by atoms with Crippen molar-refractivity contribution in [2.75, 3.05) is 5.32 Å². The summed E-state index contributed by atoms with van der Waals surface area (Å²) in [6, 6.07) is 5.33. The summed E-state index contributed by atoms with van der Waals surface area (Å²) in [6.07, 6.45) is 0.256. The first-order chi connectivity index (χ1) is 6.95. The fourth-order valence-corrected chi connectivity index (χ4v) is 1.02. The summed E-state index contributed by atoms with van der Waals surface area (Å²) < 4.78 is 0. The Labute approximate surface area is 87.4 Å². The van der Waals surface area contributed by atoms with Crippen molar-refractivity contribution in [2.45, 2.75) is 19.3 Å². The van der Waals surface area contributed by atoms with Gasteiger partial charge in [-0.15, -0.1) is 0 Å². The minimum Gasteiger partial charge on any atom is -0.465 e. The Morgan fingerprint density at radius 3 is 2.67 bits per heavy atom. The summed E-state index contributed by atoms with van der Waals surface area (Å²) in [6.45, 7) is 3.50. The van der Waals surface area contributed by atoms with E-state index in [-0.39, 0.29) is 0 Å². The highest BCUT2D eigenvalue weighted by Crippen LogP contribution is 2.20. The van der Waals surface area contributed by atoms with Gasteiger partial charge in [0.05, 0.1) is 29.1 Å². The van der Waals surface area contributed by atoms with Gasteiger partial charge in [-0.3, -0.25) is 10.3 Å². The second kappa shape index (κ2) is 3.96. The van der Waals surface area contributed by atoms with Gasteiger partial charge in [-0.2, -0.15) is 5.26 Å². The number of nitrogens with zero attached hydrogens (tertiary/aromatic N) is 2. The topological polar surface area (TPSA) is 86.0 Å². The Kier molecular flexibility index (Phi) is 2.90. The predicted octanol–water partition coefficient (Wildman–Crippen LogP) is 1.97. The number of amides is 1. The number of carboxylic acid groups (broad SMARTS) is 1. The van der Waals surface area contributed by atoms with E-state index in [9.17, 15) is 4.79 Å². The molecule has 0 atom stereocenters. The SMILES string of the molecule is CC(C)(C#N)c1ccc(NC(=O)O)cn1. The van der Waals surface area contributed by atoms with Gasteiger partial charge in [0.25, 0.3) is 0 Å². The van der Waals surface area contributed by atoms with Crippen LogP contribution in [0.15, 0.2) is 18.3 Å². The number of aromatic nitrogens is 1. The van der Waals surface area contributed by atoms with Crippen molar-refractivity contribution in [3.8, 4) is 6.07 Å². The van der Waals surface area contributed by atoms with Crippen molar-refractivity contribution < 1.29 is 9.90 Å². The molecule has 1 aromatic rings. The molecule has 78 valence electrons. The highest BCUT2D eigenvalue weighted by Gasteiger charge is 2.20. The van der Waals surface area contributed by atoms with Crippen molar-refractivity contribution in [1.29, 1.82) is 5.26 Å². The Morgan fingerprint density at radius 2 is 2.27 bits per heavy atom. The molecule has 0 aliphatic carbocycles. The fraction of sp³-hybridized carbons (Fsp3) is 0.300. The molecule has 0 fully saturated rings. The maximum atomic E-state index is 10.3. The van der Waals surface area contributed by atoms with Crippen LogP contribution in [-0.2, 0) is 5.41 Å². The summed E-state index contributed by atoms with van der Waals surface area (Å²) in [4.78, 5) is 14.3. The van der Waals surface area contributed by atoms with E-state index in [1.807, 2.05) is 0 Å².